The van der Waals surface area contributed by atoms with Gasteiger partial charge in [-0.25, -0.2) is 8.42 Å². The zero-order valence-electron chi connectivity index (χ0n) is 10.6. The molecule has 4 nitrogen and oxygen atoms in total. The third-order valence-corrected chi connectivity index (χ3v) is 6.75. The first kappa shape index (κ1) is 15.4. The van der Waals surface area contributed by atoms with E-state index in [9.17, 15) is 8.42 Å². The van der Waals surface area contributed by atoms with E-state index in [1.165, 1.54) is 0 Å². The maximum atomic E-state index is 12.8. The molecule has 1 aliphatic rings. The van der Waals surface area contributed by atoms with Crippen molar-refractivity contribution in [3.05, 3.63) is 27.1 Å². The van der Waals surface area contributed by atoms with E-state index in [-0.39, 0.29) is 6.04 Å². The summed E-state index contributed by atoms with van der Waals surface area (Å²) in [5.74, 6) is 0. The van der Waals surface area contributed by atoms with E-state index >= 15 is 0 Å². The average Bonchev–Trinajstić information content (AvgIpc) is 2.86. The summed E-state index contributed by atoms with van der Waals surface area (Å²) in [4.78, 5) is 0.315. The van der Waals surface area contributed by atoms with Crippen LogP contribution in [0, 0.1) is 0 Å². The lowest BCUT2D eigenvalue weighted by atomic mass is 10.3. The number of likely N-dealkylation sites (N-methyl/N-ethyl adjacent to an activating group) is 1. The first-order valence-corrected chi connectivity index (χ1v) is 9.17. The fourth-order valence-electron chi connectivity index (χ4n) is 2.31. The molecule has 1 aromatic rings. The highest BCUT2D eigenvalue weighted by atomic mass is 79.9. The topological polar surface area (TPSA) is 49.4 Å². The summed E-state index contributed by atoms with van der Waals surface area (Å²) < 4.78 is 28.5. The van der Waals surface area contributed by atoms with Gasteiger partial charge in [-0.2, -0.15) is 4.31 Å². The molecule has 106 valence electrons. The van der Waals surface area contributed by atoms with Crippen LogP contribution in [0.3, 0.4) is 0 Å². The molecule has 0 radical (unpaired) electrons. The van der Waals surface area contributed by atoms with E-state index in [1.54, 1.807) is 16.4 Å². The van der Waals surface area contributed by atoms with Gasteiger partial charge in [-0.15, -0.1) is 0 Å². The van der Waals surface area contributed by atoms with Gasteiger partial charge < -0.3 is 5.32 Å². The minimum Gasteiger partial charge on any atom is -0.315 e. The molecule has 0 saturated carbocycles. The Morgan fingerprint density at radius 1 is 1.42 bits per heavy atom. The minimum absolute atomic E-state index is 0.0425. The molecule has 1 saturated heterocycles. The normalized spacial score (nSPS) is 20.1. The van der Waals surface area contributed by atoms with Crippen molar-refractivity contribution in [1.29, 1.82) is 0 Å². The van der Waals surface area contributed by atoms with Crippen LogP contribution in [0.25, 0.3) is 0 Å². The van der Waals surface area contributed by atoms with E-state index in [4.69, 9.17) is 0 Å². The fraction of sp³-hybridized carbons (Fsp3) is 0.500. The largest absolute Gasteiger partial charge is 0.315 e. The van der Waals surface area contributed by atoms with Crippen LogP contribution in [-0.2, 0) is 10.0 Å². The number of halogens is 2. The van der Waals surface area contributed by atoms with E-state index in [0.717, 1.165) is 24.0 Å². The van der Waals surface area contributed by atoms with Gasteiger partial charge in [0.1, 0.15) is 0 Å². The van der Waals surface area contributed by atoms with Crippen molar-refractivity contribution in [2.75, 3.05) is 19.6 Å². The third-order valence-electron chi connectivity index (χ3n) is 3.23. The summed E-state index contributed by atoms with van der Waals surface area (Å²) in [6.07, 6.45) is 0.860. The molecule has 2 rings (SSSR count). The Kier molecular flexibility index (Phi) is 5.05. The Balaban J connectivity index is 2.42. The van der Waals surface area contributed by atoms with Gasteiger partial charge in [0.15, 0.2) is 0 Å². The smallest absolute Gasteiger partial charge is 0.244 e. The van der Waals surface area contributed by atoms with Crippen LogP contribution in [0.4, 0.5) is 0 Å². The van der Waals surface area contributed by atoms with Crippen molar-refractivity contribution in [3.63, 3.8) is 0 Å². The Morgan fingerprint density at radius 3 is 2.74 bits per heavy atom. The van der Waals surface area contributed by atoms with E-state index < -0.39 is 10.0 Å². The number of nitrogens with one attached hydrogen (secondary N) is 1. The summed E-state index contributed by atoms with van der Waals surface area (Å²) in [6, 6.07) is 5.25. The quantitative estimate of drug-likeness (QED) is 0.828. The predicted molar refractivity (Wildman–Crippen MR) is 82.7 cm³/mol. The first-order valence-electron chi connectivity index (χ1n) is 6.14. The molecule has 0 spiro atoms. The molecular weight excluding hydrogens is 396 g/mol. The van der Waals surface area contributed by atoms with Gasteiger partial charge in [0.2, 0.25) is 10.0 Å². The highest BCUT2D eigenvalue weighted by Gasteiger charge is 2.33. The van der Waals surface area contributed by atoms with Gasteiger partial charge in [-0.1, -0.05) is 22.9 Å². The highest BCUT2D eigenvalue weighted by Crippen LogP contribution is 2.29. The summed E-state index contributed by atoms with van der Waals surface area (Å²) in [5, 5.41) is 3.21. The van der Waals surface area contributed by atoms with Gasteiger partial charge >= 0.3 is 0 Å². The molecule has 1 aromatic carbocycles. The molecule has 0 bridgehead atoms. The van der Waals surface area contributed by atoms with Gasteiger partial charge in [0.25, 0.3) is 0 Å². The second-order valence-corrected chi connectivity index (χ2v) is 8.06. The molecule has 1 N–H and O–H groups in total. The number of sulfonamides is 1. The number of benzene rings is 1. The highest BCUT2D eigenvalue weighted by molar-refractivity contribution is 9.11. The van der Waals surface area contributed by atoms with Gasteiger partial charge in [0.05, 0.1) is 4.90 Å². The maximum Gasteiger partial charge on any atom is 0.244 e. The third kappa shape index (κ3) is 3.21. The van der Waals surface area contributed by atoms with Crippen molar-refractivity contribution >= 4 is 41.9 Å². The Labute approximate surface area is 130 Å². The van der Waals surface area contributed by atoms with Crippen LogP contribution in [-0.4, -0.2) is 38.4 Å². The second kappa shape index (κ2) is 6.22. The monoisotopic (exact) mass is 410 g/mol. The zero-order chi connectivity index (χ0) is 14.0. The summed E-state index contributed by atoms with van der Waals surface area (Å²) >= 11 is 6.66. The fourth-order valence-corrected chi connectivity index (χ4v) is 5.44. The minimum atomic E-state index is -3.47. The van der Waals surface area contributed by atoms with Crippen molar-refractivity contribution in [2.24, 2.45) is 0 Å². The van der Waals surface area contributed by atoms with Crippen molar-refractivity contribution in [3.8, 4) is 0 Å². The number of nitrogens with zero attached hydrogens (tertiary/aromatic N) is 1. The molecule has 1 heterocycles. The maximum absolute atomic E-state index is 12.8. The molecule has 7 heteroatoms. The molecule has 1 atom stereocenters. The lowest BCUT2D eigenvalue weighted by molar-refractivity contribution is 0.348. The summed E-state index contributed by atoms with van der Waals surface area (Å²) in [7, 11) is -3.47. The first-order chi connectivity index (χ1) is 8.96. The second-order valence-electron chi connectivity index (χ2n) is 4.43. The molecule has 0 aromatic heterocycles. The van der Waals surface area contributed by atoms with Crippen LogP contribution >= 0.6 is 31.9 Å². The number of hydrogen-bond acceptors (Lipinski definition) is 3. The van der Waals surface area contributed by atoms with Crippen molar-refractivity contribution in [2.45, 2.75) is 24.3 Å². The Hall–Kier alpha value is 0.0500. The summed E-state index contributed by atoms with van der Waals surface area (Å²) in [5.41, 5.74) is 0. The molecular formula is C12H16Br2N2O2S. The van der Waals surface area contributed by atoms with Crippen LogP contribution < -0.4 is 5.32 Å². The molecule has 1 unspecified atom stereocenters. The van der Waals surface area contributed by atoms with Crippen LogP contribution in [0.15, 0.2) is 32.0 Å². The van der Waals surface area contributed by atoms with Crippen LogP contribution in [0.1, 0.15) is 13.3 Å². The molecule has 1 fully saturated rings. The lowest BCUT2D eigenvalue weighted by Crippen LogP contribution is -2.41. The lowest BCUT2D eigenvalue weighted by Gasteiger charge is -2.26. The molecule has 0 amide bonds. The van der Waals surface area contributed by atoms with E-state index in [1.807, 2.05) is 13.0 Å². The van der Waals surface area contributed by atoms with Crippen molar-refractivity contribution < 1.29 is 8.42 Å². The van der Waals surface area contributed by atoms with Gasteiger partial charge in [-0.3, -0.25) is 0 Å². The van der Waals surface area contributed by atoms with E-state index in [0.29, 0.717) is 15.9 Å². The Bertz CT molecular complexity index is 557. The average molecular weight is 412 g/mol. The predicted octanol–water partition coefficient (Wildman–Crippen LogP) is 2.58. The van der Waals surface area contributed by atoms with Gasteiger partial charge in [-0.05, 0) is 47.1 Å². The zero-order valence-corrected chi connectivity index (χ0v) is 14.6. The van der Waals surface area contributed by atoms with Crippen LogP contribution in [0.5, 0.6) is 0 Å². The van der Waals surface area contributed by atoms with Crippen LogP contribution in [0.2, 0.25) is 0 Å². The standard InChI is InChI=1S/C12H16Br2N2O2S/c1-2-16(10-5-6-15-8-10)19(17,18)12-7-9(13)3-4-11(12)14/h3-4,7,10,15H,2,5-6,8H2,1H3. The Morgan fingerprint density at radius 2 is 2.16 bits per heavy atom. The van der Waals surface area contributed by atoms with Gasteiger partial charge in [0, 0.05) is 28.1 Å². The molecule has 0 aliphatic carbocycles. The van der Waals surface area contributed by atoms with Crippen molar-refractivity contribution in [1.82, 2.24) is 9.62 Å². The number of rotatable bonds is 4. The van der Waals surface area contributed by atoms with E-state index in [2.05, 4.69) is 37.2 Å². The number of hydrogen-bond donors (Lipinski definition) is 1. The molecule has 19 heavy (non-hydrogen) atoms. The summed E-state index contributed by atoms with van der Waals surface area (Å²) in [6.45, 7) is 3.95. The SMILES string of the molecule is CCN(C1CCNC1)S(=O)(=O)c1cc(Br)ccc1Br. The molecule has 1 aliphatic heterocycles.